The molecule has 17 heavy (non-hydrogen) atoms. The molecule has 2 N–H and O–H groups in total. The Bertz CT molecular complexity index is 415. The number of carbonyl (C=O) groups is 1. The van der Waals surface area contributed by atoms with Gasteiger partial charge in [-0.25, -0.2) is 4.98 Å². The van der Waals surface area contributed by atoms with Gasteiger partial charge in [-0.2, -0.15) is 4.37 Å². The van der Waals surface area contributed by atoms with Crippen molar-refractivity contribution in [2.75, 3.05) is 11.9 Å². The van der Waals surface area contributed by atoms with Crippen LogP contribution < -0.4 is 10.6 Å². The Balaban J connectivity index is 2.04. The maximum atomic E-state index is 12.2. The van der Waals surface area contributed by atoms with Crippen molar-refractivity contribution in [3.8, 4) is 0 Å². The molecule has 1 saturated heterocycles. The average Bonchev–Trinajstić information content (AvgIpc) is 2.63. The van der Waals surface area contributed by atoms with E-state index in [4.69, 9.17) is 0 Å². The van der Waals surface area contributed by atoms with Crippen molar-refractivity contribution < 1.29 is 4.79 Å². The number of nitrogens with one attached hydrogen (secondary N) is 2. The van der Waals surface area contributed by atoms with Gasteiger partial charge in [-0.05, 0) is 31.7 Å². The molecular weight excluding hydrogens is 236 g/mol. The highest BCUT2D eigenvalue weighted by Gasteiger charge is 2.37. The minimum atomic E-state index is -0.152. The van der Waals surface area contributed by atoms with Crippen LogP contribution in [0, 0.1) is 12.3 Å². The number of anilines is 1. The van der Waals surface area contributed by atoms with Crippen LogP contribution in [0.5, 0.6) is 0 Å². The van der Waals surface area contributed by atoms with Crippen molar-refractivity contribution in [2.24, 2.45) is 5.41 Å². The molecule has 0 aliphatic carbocycles. The van der Waals surface area contributed by atoms with E-state index in [1.807, 2.05) is 6.92 Å². The van der Waals surface area contributed by atoms with E-state index < -0.39 is 0 Å². The number of piperidine rings is 1. The molecule has 94 valence electrons. The Morgan fingerprint density at radius 2 is 2.35 bits per heavy atom. The Hall–Kier alpha value is -1.01. The molecule has 2 rings (SSSR count). The molecule has 6 heteroatoms. The summed E-state index contributed by atoms with van der Waals surface area (Å²) >= 11 is 1.22. The van der Waals surface area contributed by atoms with Gasteiger partial charge in [0.05, 0.1) is 6.04 Å². The number of nitrogens with zero attached hydrogens (tertiary/aromatic N) is 2. The van der Waals surface area contributed by atoms with Crippen LogP contribution >= 0.6 is 11.5 Å². The first-order valence-corrected chi connectivity index (χ1v) is 6.61. The van der Waals surface area contributed by atoms with Crippen LogP contribution in [0.3, 0.4) is 0 Å². The lowest BCUT2D eigenvalue weighted by atomic mass is 9.77. The normalized spacial score (nSPS) is 23.4. The second-order valence-corrected chi connectivity index (χ2v) is 5.87. The first-order valence-electron chi connectivity index (χ1n) is 5.83. The first-order chi connectivity index (χ1) is 7.99. The highest BCUT2D eigenvalue weighted by molar-refractivity contribution is 7.09. The zero-order chi connectivity index (χ0) is 12.5. The van der Waals surface area contributed by atoms with Gasteiger partial charge < -0.3 is 5.32 Å². The largest absolute Gasteiger partial charge is 0.305 e. The van der Waals surface area contributed by atoms with E-state index >= 15 is 0 Å². The van der Waals surface area contributed by atoms with E-state index in [9.17, 15) is 4.79 Å². The summed E-state index contributed by atoms with van der Waals surface area (Å²) in [6, 6.07) is -0.152. The maximum Gasteiger partial charge on any atom is 0.243 e. The maximum absolute atomic E-state index is 12.2. The lowest BCUT2D eigenvalue weighted by Crippen LogP contribution is -2.53. The number of hydrogen-bond donors (Lipinski definition) is 2. The highest BCUT2D eigenvalue weighted by atomic mass is 32.1. The number of hydrogen-bond acceptors (Lipinski definition) is 5. The third-order valence-corrected chi connectivity index (χ3v) is 3.87. The molecule has 1 aliphatic rings. The van der Waals surface area contributed by atoms with Crippen LogP contribution in [-0.4, -0.2) is 27.9 Å². The SMILES string of the molecule is Cc1nsc(NC(=O)C2NCCCC2(C)C)n1. The summed E-state index contributed by atoms with van der Waals surface area (Å²) in [5.41, 5.74) is -0.0118. The minimum absolute atomic E-state index is 0.00847. The van der Waals surface area contributed by atoms with Gasteiger partial charge in [0.15, 0.2) is 0 Å². The average molecular weight is 254 g/mol. The predicted octanol–water partition coefficient (Wildman–Crippen LogP) is 1.56. The second kappa shape index (κ2) is 4.70. The van der Waals surface area contributed by atoms with Crippen LogP contribution in [0.4, 0.5) is 5.13 Å². The predicted molar refractivity (Wildman–Crippen MR) is 68.1 cm³/mol. The molecule has 1 aliphatic heterocycles. The number of aromatic nitrogens is 2. The zero-order valence-electron chi connectivity index (χ0n) is 10.4. The molecule has 1 fully saturated rings. The van der Waals surface area contributed by atoms with Gasteiger partial charge in [0.25, 0.3) is 0 Å². The van der Waals surface area contributed by atoms with Gasteiger partial charge >= 0.3 is 0 Å². The third-order valence-electron chi connectivity index (χ3n) is 3.15. The molecule has 0 bridgehead atoms. The van der Waals surface area contributed by atoms with Crippen molar-refractivity contribution in [3.05, 3.63) is 5.82 Å². The number of amides is 1. The van der Waals surface area contributed by atoms with Crippen molar-refractivity contribution in [3.63, 3.8) is 0 Å². The Morgan fingerprint density at radius 3 is 2.94 bits per heavy atom. The Labute approximate surface area is 105 Å². The van der Waals surface area contributed by atoms with Crippen molar-refractivity contribution in [1.82, 2.24) is 14.7 Å². The van der Waals surface area contributed by atoms with E-state index in [2.05, 4.69) is 33.8 Å². The molecule has 1 unspecified atom stereocenters. The molecule has 1 atom stereocenters. The summed E-state index contributed by atoms with van der Waals surface area (Å²) in [5, 5.41) is 6.69. The van der Waals surface area contributed by atoms with E-state index in [1.54, 1.807) is 0 Å². The zero-order valence-corrected chi connectivity index (χ0v) is 11.2. The number of carbonyl (C=O) groups excluding carboxylic acids is 1. The van der Waals surface area contributed by atoms with Crippen molar-refractivity contribution in [2.45, 2.75) is 39.7 Å². The Kier molecular flexibility index (Phi) is 3.44. The standard InChI is InChI=1S/C11H18N4OS/c1-7-13-10(17-15-7)14-9(16)8-11(2,3)5-4-6-12-8/h8,12H,4-6H2,1-3H3,(H,13,14,15,16). The molecule has 5 nitrogen and oxygen atoms in total. The fourth-order valence-electron chi connectivity index (χ4n) is 2.18. The van der Waals surface area contributed by atoms with Gasteiger partial charge in [-0.3, -0.25) is 10.1 Å². The quantitative estimate of drug-likeness (QED) is 0.840. The lowest BCUT2D eigenvalue weighted by molar-refractivity contribution is -0.121. The van der Waals surface area contributed by atoms with E-state index in [0.717, 1.165) is 19.4 Å². The van der Waals surface area contributed by atoms with E-state index in [-0.39, 0.29) is 17.4 Å². The van der Waals surface area contributed by atoms with Crippen LogP contribution in [0.25, 0.3) is 0 Å². The monoisotopic (exact) mass is 254 g/mol. The van der Waals surface area contributed by atoms with Crippen LogP contribution in [0.1, 0.15) is 32.5 Å². The molecule has 0 aromatic carbocycles. The summed E-state index contributed by atoms with van der Waals surface area (Å²) in [6.07, 6.45) is 2.18. The minimum Gasteiger partial charge on any atom is -0.305 e. The molecule has 0 radical (unpaired) electrons. The summed E-state index contributed by atoms with van der Waals surface area (Å²) in [5.74, 6) is 0.687. The lowest BCUT2D eigenvalue weighted by Gasteiger charge is -2.37. The van der Waals surface area contributed by atoms with Gasteiger partial charge in [0, 0.05) is 11.5 Å². The molecule has 1 amide bonds. The van der Waals surface area contributed by atoms with Gasteiger partial charge in [-0.15, -0.1) is 0 Å². The topological polar surface area (TPSA) is 66.9 Å². The van der Waals surface area contributed by atoms with Crippen LogP contribution in [0.2, 0.25) is 0 Å². The third kappa shape index (κ3) is 2.81. The smallest absolute Gasteiger partial charge is 0.243 e. The fourth-order valence-corrected chi connectivity index (χ4v) is 2.76. The summed E-state index contributed by atoms with van der Waals surface area (Å²) in [7, 11) is 0. The summed E-state index contributed by atoms with van der Waals surface area (Å²) < 4.78 is 4.05. The molecular formula is C11H18N4OS. The molecule has 1 aromatic heterocycles. The van der Waals surface area contributed by atoms with Gasteiger partial charge in [0.1, 0.15) is 5.82 Å². The van der Waals surface area contributed by atoms with E-state index in [1.165, 1.54) is 11.5 Å². The van der Waals surface area contributed by atoms with Crippen LogP contribution in [0.15, 0.2) is 0 Å². The highest BCUT2D eigenvalue weighted by Crippen LogP contribution is 2.30. The summed E-state index contributed by atoms with van der Waals surface area (Å²) in [4.78, 5) is 16.3. The van der Waals surface area contributed by atoms with E-state index in [0.29, 0.717) is 11.0 Å². The van der Waals surface area contributed by atoms with Gasteiger partial charge in [-0.1, -0.05) is 13.8 Å². The van der Waals surface area contributed by atoms with Crippen LogP contribution in [-0.2, 0) is 4.79 Å². The molecule has 1 aromatic rings. The number of aryl methyl sites for hydroxylation is 1. The Morgan fingerprint density at radius 1 is 1.59 bits per heavy atom. The van der Waals surface area contributed by atoms with Crippen molar-refractivity contribution in [1.29, 1.82) is 0 Å². The molecule has 0 saturated carbocycles. The first kappa shape index (κ1) is 12.4. The molecule has 0 spiro atoms. The molecule has 2 heterocycles. The second-order valence-electron chi connectivity index (χ2n) is 5.12. The number of rotatable bonds is 2. The van der Waals surface area contributed by atoms with Gasteiger partial charge in [0.2, 0.25) is 11.0 Å². The fraction of sp³-hybridized carbons (Fsp3) is 0.727. The van der Waals surface area contributed by atoms with Crippen molar-refractivity contribution >= 4 is 22.6 Å². The summed E-state index contributed by atoms with van der Waals surface area (Å²) in [6.45, 7) is 6.95.